The minimum atomic E-state index is 0.180. The molecule has 5 heteroatoms. The summed E-state index contributed by atoms with van der Waals surface area (Å²) < 4.78 is 7.45. The predicted molar refractivity (Wildman–Crippen MR) is 76.0 cm³/mol. The fraction of sp³-hybridized carbons (Fsp3) is 0.786. The van der Waals surface area contributed by atoms with Gasteiger partial charge in [0, 0.05) is 31.9 Å². The van der Waals surface area contributed by atoms with Gasteiger partial charge in [-0.2, -0.15) is 0 Å². The highest BCUT2D eigenvalue weighted by molar-refractivity contribution is 5.11. The molecule has 2 atom stereocenters. The third-order valence-electron chi connectivity index (χ3n) is 3.92. The summed E-state index contributed by atoms with van der Waals surface area (Å²) >= 11 is 0. The molecule has 1 fully saturated rings. The molecule has 0 spiro atoms. The second-order valence-electron chi connectivity index (χ2n) is 5.60. The van der Waals surface area contributed by atoms with Crippen LogP contribution in [-0.2, 0) is 4.74 Å². The van der Waals surface area contributed by atoms with Gasteiger partial charge in [0.25, 0.3) is 0 Å². The largest absolute Gasteiger partial charge is 0.383 e. The highest BCUT2D eigenvalue weighted by atomic mass is 16.5. The van der Waals surface area contributed by atoms with E-state index in [1.165, 1.54) is 5.69 Å². The van der Waals surface area contributed by atoms with Gasteiger partial charge in [0.05, 0.1) is 24.7 Å². The zero-order valence-electron chi connectivity index (χ0n) is 12.2. The molecule has 1 aliphatic heterocycles. The number of hydrogen-bond donors (Lipinski definition) is 1. The number of nitrogens with two attached hydrogens (primary N) is 1. The van der Waals surface area contributed by atoms with E-state index in [-0.39, 0.29) is 12.1 Å². The Labute approximate surface area is 115 Å². The van der Waals surface area contributed by atoms with Crippen LogP contribution in [0.25, 0.3) is 0 Å². The lowest BCUT2D eigenvalue weighted by Gasteiger charge is -2.40. The van der Waals surface area contributed by atoms with Crippen molar-refractivity contribution in [3.05, 3.63) is 18.2 Å². The van der Waals surface area contributed by atoms with Crippen molar-refractivity contribution in [1.82, 2.24) is 14.5 Å². The summed E-state index contributed by atoms with van der Waals surface area (Å²) in [4.78, 5) is 6.76. The zero-order valence-corrected chi connectivity index (χ0v) is 12.2. The maximum absolute atomic E-state index is 6.38. The summed E-state index contributed by atoms with van der Waals surface area (Å²) in [7, 11) is 1.75. The molecule has 2 rings (SSSR count). The van der Waals surface area contributed by atoms with Crippen molar-refractivity contribution < 1.29 is 4.74 Å². The molecule has 2 unspecified atom stereocenters. The molecular weight excluding hydrogens is 240 g/mol. The smallest absolute Gasteiger partial charge is 0.0951 e. The van der Waals surface area contributed by atoms with Gasteiger partial charge in [0.1, 0.15) is 0 Å². The Morgan fingerprint density at radius 2 is 2.32 bits per heavy atom. The van der Waals surface area contributed by atoms with Crippen LogP contribution in [0.15, 0.2) is 12.5 Å². The van der Waals surface area contributed by atoms with E-state index in [1.807, 2.05) is 12.5 Å². The molecule has 0 bridgehead atoms. The molecule has 1 aromatic rings. The van der Waals surface area contributed by atoms with Crippen LogP contribution >= 0.6 is 0 Å². The standard InChI is InChI=1S/C14H26N4O/c1-11(2)18-10-16-9-13(18)14-12(15)5-4-6-17(14)7-8-19-3/h9-12,14H,4-8,15H2,1-3H3. The number of methoxy groups -OCH3 is 1. The van der Waals surface area contributed by atoms with Crippen molar-refractivity contribution in [3.63, 3.8) is 0 Å². The van der Waals surface area contributed by atoms with E-state index in [9.17, 15) is 0 Å². The van der Waals surface area contributed by atoms with Gasteiger partial charge in [-0.3, -0.25) is 4.90 Å². The molecule has 0 saturated carbocycles. The van der Waals surface area contributed by atoms with Crippen LogP contribution in [-0.4, -0.2) is 47.3 Å². The SMILES string of the molecule is COCCN1CCCC(N)C1c1cncn1C(C)C. The summed E-state index contributed by atoms with van der Waals surface area (Å²) in [5.74, 6) is 0. The Hall–Kier alpha value is -0.910. The van der Waals surface area contributed by atoms with E-state index in [1.54, 1.807) is 7.11 Å². The first kappa shape index (κ1) is 14.5. The molecular formula is C14H26N4O. The van der Waals surface area contributed by atoms with Crippen LogP contribution in [0.3, 0.4) is 0 Å². The Morgan fingerprint density at radius 3 is 3.00 bits per heavy atom. The lowest BCUT2D eigenvalue weighted by Crippen LogP contribution is -2.47. The second kappa shape index (κ2) is 6.50. The lowest BCUT2D eigenvalue weighted by molar-refractivity contribution is 0.0806. The molecule has 5 nitrogen and oxygen atoms in total. The number of aromatic nitrogens is 2. The number of ether oxygens (including phenoxy) is 1. The minimum Gasteiger partial charge on any atom is -0.383 e. The molecule has 2 N–H and O–H groups in total. The van der Waals surface area contributed by atoms with Crippen molar-refractivity contribution in [3.8, 4) is 0 Å². The minimum absolute atomic E-state index is 0.180. The average Bonchev–Trinajstić information content (AvgIpc) is 2.85. The van der Waals surface area contributed by atoms with Gasteiger partial charge in [0.15, 0.2) is 0 Å². The number of hydrogen-bond acceptors (Lipinski definition) is 4. The molecule has 2 heterocycles. The first-order chi connectivity index (χ1) is 9.15. The molecule has 0 aliphatic carbocycles. The molecule has 19 heavy (non-hydrogen) atoms. The first-order valence-corrected chi connectivity index (χ1v) is 7.15. The zero-order chi connectivity index (χ0) is 13.8. The molecule has 1 aromatic heterocycles. The van der Waals surface area contributed by atoms with Crippen LogP contribution in [0.1, 0.15) is 44.5 Å². The van der Waals surface area contributed by atoms with Gasteiger partial charge in [0.2, 0.25) is 0 Å². The Balaban J connectivity index is 2.23. The second-order valence-corrected chi connectivity index (χ2v) is 5.60. The van der Waals surface area contributed by atoms with Crippen LogP contribution in [0.4, 0.5) is 0 Å². The van der Waals surface area contributed by atoms with Gasteiger partial charge in [-0.1, -0.05) is 0 Å². The van der Waals surface area contributed by atoms with Crippen LogP contribution in [0.2, 0.25) is 0 Å². The summed E-state index contributed by atoms with van der Waals surface area (Å²) in [6.07, 6.45) is 6.13. The van der Waals surface area contributed by atoms with Crippen LogP contribution in [0, 0.1) is 0 Å². The fourth-order valence-corrected chi connectivity index (χ4v) is 2.94. The molecule has 0 radical (unpaired) electrons. The van der Waals surface area contributed by atoms with Crippen molar-refractivity contribution in [2.45, 2.75) is 44.8 Å². The summed E-state index contributed by atoms with van der Waals surface area (Å²) in [6.45, 7) is 7.13. The predicted octanol–water partition coefficient (Wildman–Crippen LogP) is 1.57. The number of imidazole rings is 1. The summed E-state index contributed by atoms with van der Waals surface area (Å²) in [6, 6.07) is 0.851. The highest BCUT2D eigenvalue weighted by Crippen LogP contribution is 2.31. The van der Waals surface area contributed by atoms with Gasteiger partial charge in [-0.15, -0.1) is 0 Å². The normalized spacial score (nSPS) is 25.1. The van der Waals surface area contributed by atoms with Crippen LogP contribution < -0.4 is 5.73 Å². The lowest BCUT2D eigenvalue weighted by atomic mass is 9.94. The van der Waals surface area contributed by atoms with Gasteiger partial charge in [-0.25, -0.2) is 4.98 Å². The highest BCUT2D eigenvalue weighted by Gasteiger charge is 2.32. The fourth-order valence-electron chi connectivity index (χ4n) is 2.94. The number of piperidine rings is 1. The van der Waals surface area contributed by atoms with Crippen LogP contribution in [0.5, 0.6) is 0 Å². The van der Waals surface area contributed by atoms with Crippen molar-refractivity contribution in [1.29, 1.82) is 0 Å². The maximum Gasteiger partial charge on any atom is 0.0951 e. The van der Waals surface area contributed by atoms with Gasteiger partial charge in [-0.05, 0) is 33.2 Å². The van der Waals surface area contributed by atoms with E-state index < -0.39 is 0 Å². The number of nitrogens with zero attached hydrogens (tertiary/aromatic N) is 3. The van der Waals surface area contributed by atoms with Gasteiger partial charge >= 0.3 is 0 Å². The third-order valence-corrected chi connectivity index (χ3v) is 3.92. The average molecular weight is 266 g/mol. The summed E-state index contributed by atoms with van der Waals surface area (Å²) in [5, 5.41) is 0. The number of likely N-dealkylation sites (tertiary alicyclic amines) is 1. The quantitative estimate of drug-likeness (QED) is 0.879. The summed E-state index contributed by atoms with van der Waals surface area (Å²) in [5.41, 5.74) is 7.61. The van der Waals surface area contributed by atoms with Gasteiger partial charge < -0.3 is 15.0 Å². The first-order valence-electron chi connectivity index (χ1n) is 7.15. The van der Waals surface area contributed by atoms with Crippen molar-refractivity contribution in [2.75, 3.05) is 26.8 Å². The van der Waals surface area contributed by atoms with Crippen molar-refractivity contribution >= 4 is 0 Å². The molecule has 108 valence electrons. The molecule has 0 amide bonds. The Bertz CT molecular complexity index is 391. The Kier molecular flexibility index (Phi) is 4.96. The van der Waals surface area contributed by atoms with E-state index in [4.69, 9.17) is 10.5 Å². The van der Waals surface area contributed by atoms with E-state index in [0.717, 1.165) is 32.5 Å². The Morgan fingerprint density at radius 1 is 1.53 bits per heavy atom. The molecule has 1 aliphatic rings. The topological polar surface area (TPSA) is 56.3 Å². The number of rotatable bonds is 5. The maximum atomic E-state index is 6.38. The monoisotopic (exact) mass is 266 g/mol. The van der Waals surface area contributed by atoms with E-state index in [0.29, 0.717) is 6.04 Å². The van der Waals surface area contributed by atoms with Crippen molar-refractivity contribution in [2.24, 2.45) is 5.73 Å². The molecule has 1 saturated heterocycles. The third kappa shape index (κ3) is 3.16. The molecule has 0 aromatic carbocycles. The van der Waals surface area contributed by atoms with E-state index in [2.05, 4.69) is 28.3 Å². The van der Waals surface area contributed by atoms with E-state index >= 15 is 0 Å².